The predicted octanol–water partition coefficient (Wildman–Crippen LogP) is -0.959. The molecule has 0 aromatic carbocycles. The van der Waals surface area contributed by atoms with Gasteiger partial charge in [0.1, 0.15) is 13.1 Å². The molecule has 0 saturated carbocycles. The number of rotatable bonds is 2. The van der Waals surface area contributed by atoms with E-state index in [0.717, 1.165) is 12.8 Å². The highest BCUT2D eigenvalue weighted by Crippen LogP contribution is 2.16. The van der Waals surface area contributed by atoms with Crippen LogP contribution < -0.4 is 5.32 Å². The summed E-state index contributed by atoms with van der Waals surface area (Å²) in [5, 5.41) is 2.15. The first-order valence-electron chi connectivity index (χ1n) is 5.37. The number of nitrogens with one attached hydrogen (secondary N) is 1. The van der Waals surface area contributed by atoms with Gasteiger partial charge in [0, 0.05) is 6.61 Å². The Labute approximate surface area is 92.9 Å². The van der Waals surface area contributed by atoms with Gasteiger partial charge in [-0.15, -0.1) is 0 Å². The van der Waals surface area contributed by atoms with Crippen molar-refractivity contribution in [1.82, 2.24) is 10.2 Å². The fraction of sp³-hybridized carbons (Fsp3) is 0.700. The molecule has 0 aromatic rings. The zero-order valence-electron chi connectivity index (χ0n) is 8.90. The van der Waals surface area contributed by atoms with Crippen LogP contribution >= 0.6 is 0 Å². The average Bonchev–Trinajstić information content (AvgIpc) is 2.68. The fourth-order valence-electron chi connectivity index (χ4n) is 1.94. The van der Waals surface area contributed by atoms with Crippen LogP contribution in [-0.4, -0.2) is 48.4 Å². The second-order valence-electron chi connectivity index (χ2n) is 4.06. The van der Waals surface area contributed by atoms with Gasteiger partial charge in [-0.1, -0.05) is 0 Å². The Morgan fingerprint density at radius 1 is 1.38 bits per heavy atom. The number of hydrogen-bond acceptors (Lipinski definition) is 4. The van der Waals surface area contributed by atoms with Gasteiger partial charge in [-0.05, 0) is 12.8 Å². The molecular formula is C10H14N2O4. The summed E-state index contributed by atoms with van der Waals surface area (Å²) in [7, 11) is 0. The molecule has 2 fully saturated rings. The minimum Gasteiger partial charge on any atom is -0.378 e. The summed E-state index contributed by atoms with van der Waals surface area (Å²) in [6, 6.07) is 0. The summed E-state index contributed by atoms with van der Waals surface area (Å²) < 4.78 is 5.34. The standard InChI is InChI=1S/C10H14N2O4/c13-8-5-12(6-9(14)11-8)10(15)4-7-2-1-3-16-7/h7H,1-6H2,(H,11,13,14). The average molecular weight is 226 g/mol. The van der Waals surface area contributed by atoms with E-state index in [0.29, 0.717) is 6.61 Å². The van der Waals surface area contributed by atoms with Gasteiger partial charge in [0.2, 0.25) is 17.7 Å². The second-order valence-corrected chi connectivity index (χ2v) is 4.06. The van der Waals surface area contributed by atoms with Crippen molar-refractivity contribution in [3.8, 4) is 0 Å². The van der Waals surface area contributed by atoms with Crippen molar-refractivity contribution in [3.05, 3.63) is 0 Å². The van der Waals surface area contributed by atoms with E-state index >= 15 is 0 Å². The predicted molar refractivity (Wildman–Crippen MR) is 53.3 cm³/mol. The molecule has 0 spiro atoms. The minimum atomic E-state index is -0.419. The molecule has 88 valence electrons. The summed E-state index contributed by atoms with van der Waals surface area (Å²) in [4.78, 5) is 35.2. The fourth-order valence-corrected chi connectivity index (χ4v) is 1.94. The summed E-state index contributed by atoms with van der Waals surface area (Å²) in [5.74, 6) is -1.02. The van der Waals surface area contributed by atoms with Gasteiger partial charge in [-0.2, -0.15) is 0 Å². The highest BCUT2D eigenvalue weighted by molar-refractivity contribution is 6.02. The van der Waals surface area contributed by atoms with Gasteiger partial charge < -0.3 is 9.64 Å². The molecule has 2 aliphatic heterocycles. The summed E-state index contributed by atoms with van der Waals surface area (Å²) in [5.41, 5.74) is 0. The number of imide groups is 1. The third-order valence-corrected chi connectivity index (χ3v) is 2.73. The topological polar surface area (TPSA) is 75.7 Å². The zero-order chi connectivity index (χ0) is 11.5. The Hall–Kier alpha value is -1.43. The quantitative estimate of drug-likeness (QED) is 0.615. The van der Waals surface area contributed by atoms with Crippen molar-refractivity contribution in [2.24, 2.45) is 0 Å². The van der Waals surface area contributed by atoms with Gasteiger partial charge in [0.15, 0.2) is 0 Å². The van der Waals surface area contributed by atoms with Crippen molar-refractivity contribution >= 4 is 17.7 Å². The number of piperazine rings is 1. The lowest BCUT2D eigenvalue weighted by molar-refractivity contribution is -0.146. The molecule has 6 nitrogen and oxygen atoms in total. The molecule has 0 radical (unpaired) electrons. The van der Waals surface area contributed by atoms with E-state index in [1.165, 1.54) is 4.90 Å². The van der Waals surface area contributed by atoms with Gasteiger partial charge in [0.05, 0.1) is 12.5 Å². The van der Waals surface area contributed by atoms with Crippen molar-refractivity contribution in [2.75, 3.05) is 19.7 Å². The van der Waals surface area contributed by atoms with Crippen LogP contribution in [0, 0.1) is 0 Å². The molecule has 2 aliphatic rings. The first-order chi connectivity index (χ1) is 7.65. The van der Waals surface area contributed by atoms with Crippen molar-refractivity contribution in [3.63, 3.8) is 0 Å². The van der Waals surface area contributed by atoms with E-state index in [2.05, 4.69) is 5.32 Å². The van der Waals surface area contributed by atoms with E-state index < -0.39 is 11.8 Å². The first kappa shape index (κ1) is 11.1. The van der Waals surface area contributed by atoms with Gasteiger partial charge in [0.25, 0.3) is 0 Å². The number of nitrogens with zero attached hydrogens (tertiary/aromatic N) is 1. The zero-order valence-corrected chi connectivity index (χ0v) is 8.90. The normalized spacial score (nSPS) is 25.8. The molecule has 1 atom stereocenters. The third kappa shape index (κ3) is 2.57. The Morgan fingerprint density at radius 2 is 2.06 bits per heavy atom. The molecule has 6 heteroatoms. The van der Waals surface area contributed by atoms with E-state index in [-0.39, 0.29) is 31.5 Å². The molecule has 0 bridgehead atoms. The smallest absolute Gasteiger partial charge is 0.246 e. The third-order valence-electron chi connectivity index (χ3n) is 2.73. The summed E-state index contributed by atoms with van der Waals surface area (Å²) in [6.07, 6.45) is 2.06. The molecule has 0 aromatic heterocycles. The maximum atomic E-state index is 11.8. The molecule has 2 heterocycles. The molecule has 16 heavy (non-hydrogen) atoms. The molecule has 1 N–H and O–H groups in total. The minimum absolute atomic E-state index is 0.0305. The summed E-state index contributed by atoms with van der Waals surface area (Å²) in [6.45, 7) is 0.631. The Kier molecular flexibility index (Phi) is 3.19. The molecular weight excluding hydrogens is 212 g/mol. The molecule has 3 amide bonds. The van der Waals surface area contributed by atoms with Crippen LogP contribution in [0.4, 0.5) is 0 Å². The molecule has 1 unspecified atom stereocenters. The largest absolute Gasteiger partial charge is 0.378 e. The van der Waals surface area contributed by atoms with Crippen molar-refractivity contribution in [2.45, 2.75) is 25.4 Å². The van der Waals surface area contributed by atoms with Crippen LogP contribution in [0.5, 0.6) is 0 Å². The second kappa shape index (κ2) is 4.61. The van der Waals surface area contributed by atoms with Crippen LogP contribution in [-0.2, 0) is 19.1 Å². The van der Waals surface area contributed by atoms with Crippen molar-refractivity contribution < 1.29 is 19.1 Å². The van der Waals surface area contributed by atoms with Crippen molar-refractivity contribution in [1.29, 1.82) is 0 Å². The maximum Gasteiger partial charge on any atom is 0.246 e. The van der Waals surface area contributed by atoms with E-state index in [4.69, 9.17) is 4.74 Å². The number of carbonyl (C=O) groups excluding carboxylic acids is 3. The Balaban J connectivity index is 1.88. The highest BCUT2D eigenvalue weighted by atomic mass is 16.5. The van der Waals surface area contributed by atoms with Crippen LogP contribution in [0.15, 0.2) is 0 Å². The number of amides is 3. The molecule has 2 saturated heterocycles. The van der Waals surface area contributed by atoms with Gasteiger partial charge in [-0.3, -0.25) is 19.7 Å². The van der Waals surface area contributed by atoms with Crippen LogP contribution in [0.1, 0.15) is 19.3 Å². The lowest BCUT2D eigenvalue weighted by Gasteiger charge is -2.26. The van der Waals surface area contributed by atoms with Crippen LogP contribution in [0.25, 0.3) is 0 Å². The Morgan fingerprint density at radius 3 is 2.62 bits per heavy atom. The van der Waals surface area contributed by atoms with E-state index in [1.807, 2.05) is 0 Å². The van der Waals surface area contributed by atoms with E-state index in [1.54, 1.807) is 0 Å². The van der Waals surface area contributed by atoms with Crippen LogP contribution in [0.3, 0.4) is 0 Å². The first-order valence-corrected chi connectivity index (χ1v) is 5.37. The molecule has 2 rings (SSSR count). The lowest BCUT2D eigenvalue weighted by Crippen LogP contribution is -2.53. The summed E-state index contributed by atoms with van der Waals surface area (Å²) >= 11 is 0. The van der Waals surface area contributed by atoms with Gasteiger partial charge in [-0.25, -0.2) is 0 Å². The van der Waals surface area contributed by atoms with E-state index in [9.17, 15) is 14.4 Å². The van der Waals surface area contributed by atoms with Crippen LogP contribution in [0.2, 0.25) is 0 Å². The Bertz CT molecular complexity index is 307. The molecule has 0 aliphatic carbocycles. The highest BCUT2D eigenvalue weighted by Gasteiger charge is 2.28. The SMILES string of the molecule is O=C1CN(C(=O)CC2CCCO2)CC(=O)N1. The monoisotopic (exact) mass is 226 g/mol. The number of hydrogen-bond donors (Lipinski definition) is 1. The number of ether oxygens (including phenoxy) is 1. The van der Waals surface area contributed by atoms with Gasteiger partial charge >= 0.3 is 0 Å². The number of carbonyl (C=O) groups is 3. The lowest BCUT2D eigenvalue weighted by atomic mass is 10.1. The maximum absolute atomic E-state index is 11.8.